The van der Waals surface area contributed by atoms with E-state index in [1.165, 1.54) is 6.07 Å². The van der Waals surface area contributed by atoms with Crippen LogP contribution in [0.5, 0.6) is 0 Å². The molecule has 0 aliphatic heterocycles. The van der Waals surface area contributed by atoms with Crippen LogP contribution < -0.4 is 10.5 Å². The predicted octanol–water partition coefficient (Wildman–Crippen LogP) is 1.74. The first-order valence-corrected chi connectivity index (χ1v) is 7.68. The SMILES string of the molecule is Nc1ccc(S(=O)(=O)Nc2ccc(CCO)cc2)c(F)c1. The van der Waals surface area contributed by atoms with Crippen LogP contribution in [0, 0.1) is 5.82 Å². The molecule has 0 bridgehead atoms. The summed E-state index contributed by atoms with van der Waals surface area (Å²) in [5.74, 6) is -0.903. The minimum absolute atomic E-state index is 0.0156. The number of hydrogen-bond acceptors (Lipinski definition) is 4. The van der Waals surface area contributed by atoms with Crippen molar-refractivity contribution in [3.63, 3.8) is 0 Å². The summed E-state index contributed by atoms with van der Waals surface area (Å²) in [6.45, 7) is 0.0156. The average Bonchev–Trinajstić information content (AvgIpc) is 2.40. The number of nitrogen functional groups attached to an aromatic ring is 1. The first-order valence-electron chi connectivity index (χ1n) is 6.20. The Morgan fingerprint density at radius 1 is 1.14 bits per heavy atom. The van der Waals surface area contributed by atoms with E-state index in [2.05, 4.69) is 4.72 Å². The summed E-state index contributed by atoms with van der Waals surface area (Å²) in [6, 6.07) is 9.88. The molecule has 0 radical (unpaired) electrons. The van der Waals surface area contributed by atoms with Crippen LogP contribution >= 0.6 is 0 Å². The third-order valence-electron chi connectivity index (χ3n) is 2.85. The number of sulfonamides is 1. The van der Waals surface area contributed by atoms with Gasteiger partial charge in [-0.05, 0) is 42.3 Å². The molecule has 0 amide bonds. The maximum atomic E-state index is 13.7. The van der Waals surface area contributed by atoms with Crippen molar-refractivity contribution in [2.45, 2.75) is 11.3 Å². The molecule has 0 aliphatic rings. The standard InChI is InChI=1S/C14H15FN2O3S/c15-13-9-11(16)3-6-14(13)21(19,20)17-12-4-1-10(2-5-12)7-8-18/h1-6,9,17-18H,7-8,16H2. The van der Waals surface area contributed by atoms with Crippen LogP contribution in [0.3, 0.4) is 0 Å². The monoisotopic (exact) mass is 310 g/mol. The maximum absolute atomic E-state index is 13.7. The zero-order valence-corrected chi connectivity index (χ0v) is 11.9. The van der Waals surface area contributed by atoms with Gasteiger partial charge in [0.05, 0.1) is 0 Å². The Morgan fingerprint density at radius 2 is 1.81 bits per heavy atom. The molecular formula is C14H15FN2O3S. The van der Waals surface area contributed by atoms with Gasteiger partial charge in [-0.3, -0.25) is 4.72 Å². The number of nitrogens with two attached hydrogens (primary N) is 1. The van der Waals surface area contributed by atoms with Crippen LogP contribution in [-0.2, 0) is 16.4 Å². The van der Waals surface area contributed by atoms with E-state index < -0.39 is 20.7 Å². The van der Waals surface area contributed by atoms with E-state index in [-0.39, 0.29) is 12.3 Å². The Morgan fingerprint density at radius 3 is 2.38 bits per heavy atom. The molecule has 7 heteroatoms. The Hall–Kier alpha value is -2.12. The van der Waals surface area contributed by atoms with Crippen molar-refractivity contribution in [2.75, 3.05) is 17.1 Å². The predicted molar refractivity (Wildman–Crippen MR) is 78.9 cm³/mol. The Bertz CT molecular complexity index is 730. The van der Waals surface area contributed by atoms with E-state index >= 15 is 0 Å². The highest BCUT2D eigenvalue weighted by Crippen LogP contribution is 2.21. The fourth-order valence-corrected chi connectivity index (χ4v) is 2.93. The van der Waals surface area contributed by atoms with E-state index in [1.807, 2.05) is 0 Å². The molecule has 0 aliphatic carbocycles. The number of aliphatic hydroxyl groups excluding tert-OH is 1. The molecule has 2 rings (SSSR count). The smallest absolute Gasteiger partial charge is 0.264 e. The summed E-state index contributed by atoms with van der Waals surface area (Å²) in [5.41, 5.74) is 6.73. The lowest BCUT2D eigenvalue weighted by Crippen LogP contribution is -2.14. The van der Waals surface area contributed by atoms with Gasteiger partial charge in [-0.2, -0.15) is 0 Å². The summed E-state index contributed by atoms with van der Waals surface area (Å²) in [5, 5.41) is 8.81. The quantitative estimate of drug-likeness (QED) is 0.734. The zero-order valence-electron chi connectivity index (χ0n) is 11.1. The molecule has 0 saturated heterocycles. The number of nitrogens with one attached hydrogen (secondary N) is 1. The van der Waals surface area contributed by atoms with Crippen molar-refractivity contribution in [3.8, 4) is 0 Å². The minimum atomic E-state index is -4.02. The Balaban J connectivity index is 2.24. The van der Waals surface area contributed by atoms with E-state index in [4.69, 9.17) is 10.8 Å². The molecular weight excluding hydrogens is 295 g/mol. The van der Waals surface area contributed by atoms with E-state index in [0.29, 0.717) is 12.1 Å². The molecule has 0 heterocycles. The number of benzene rings is 2. The first-order chi connectivity index (χ1) is 9.92. The third-order valence-corrected chi connectivity index (χ3v) is 4.27. The van der Waals surface area contributed by atoms with Crippen molar-refractivity contribution in [3.05, 3.63) is 53.8 Å². The van der Waals surface area contributed by atoms with Gasteiger partial charge in [-0.25, -0.2) is 12.8 Å². The normalized spacial score (nSPS) is 11.3. The zero-order chi connectivity index (χ0) is 15.5. The molecule has 112 valence electrons. The van der Waals surface area contributed by atoms with E-state index in [1.54, 1.807) is 24.3 Å². The number of rotatable bonds is 5. The van der Waals surface area contributed by atoms with Gasteiger partial charge in [0, 0.05) is 18.0 Å². The van der Waals surface area contributed by atoms with Gasteiger partial charge in [-0.1, -0.05) is 12.1 Å². The van der Waals surface area contributed by atoms with Gasteiger partial charge in [0.1, 0.15) is 10.7 Å². The number of halogens is 1. The lowest BCUT2D eigenvalue weighted by Gasteiger charge is -2.10. The van der Waals surface area contributed by atoms with Crippen molar-refractivity contribution in [1.82, 2.24) is 0 Å². The van der Waals surface area contributed by atoms with Crippen molar-refractivity contribution in [1.29, 1.82) is 0 Å². The largest absolute Gasteiger partial charge is 0.399 e. The number of aliphatic hydroxyl groups is 1. The summed E-state index contributed by atoms with van der Waals surface area (Å²) < 4.78 is 40.2. The molecule has 0 atom stereocenters. The molecule has 2 aromatic carbocycles. The van der Waals surface area contributed by atoms with Gasteiger partial charge in [-0.15, -0.1) is 0 Å². The fourth-order valence-electron chi connectivity index (χ4n) is 1.81. The van der Waals surface area contributed by atoms with E-state index in [0.717, 1.165) is 17.7 Å². The van der Waals surface area contributed by atoms with Gasteiger partial charge in [0.15, 0.2) is 0 Å². The highest BCUT2D eigenvalue weighted by atomic mass is 32.2. The van der Waals surface area contributed by atoms with Crippen LogP contribution in [-0.4, -0.2) is 20.1 Å². The van der Waals surface area contributed by atoms with Crippen molar-refractivity contribution >= 4 is 21.4 Å². The van der Waals surface area contributed by atoms with Crippen LogP contribution in [0.2, 0.25) is 0 Å². The summed E-state index contributed by atoms with van der Waals surface area (Å²) in [6.07, 6.45) is 0.486. The van der Waals surface area contributed by atoms with Crippen LogP contribution in [0.4, 0.5) is 15.8 Å². The molecule has 21 heavy (non-hydrogen) atoms. The maximum Gasteiger partial charge on any atom is 0.264 e. The van der Waals surface area contributed by atoms with Gasteiger partial charge < -0.3 is 10.8 Å². The van der Waals surface area contributed by atoms with Crippen LogP contribution in [0.15, 0.2) is 47.4 Å². The highest BCUT2D eigenvalue weighted by Gasteiger charge is 2.19. The van der Waals surface area contributed by atoms with Crippen LogP contribution in [0.25, 0.3) is 0 Å². The number of hydrogen-bond donors (Lipinski definition) is 3. The van der Waals surface area contributed by atoms with Crippen molar-refractivity contribution in [2.24, 2.45) is 0 Å². The molecule has 2 aromatic rings. The van der Waals surface area contributed by atoms with Gasteiger partial charge >= 0.3 is 0 Å². The minimum Gasteiger partial charge on any atom is -0.399 e. The molecule has 0 fully saturated rings. The molecule has 0 unspecified atom stereocenters. The Labute approximate surface area is 122 Å². The van der Waals surface area contributed by atoms with Gasteiger partial charge in [0.2, 0.25) is 0 Å². The van der Waals surface area contributed by atoms with Gasteiger partial charge in [0.25, 0.3) is 10.0 Å². The fraction of sp³-hybridized carbons (Fsp3) is 0.143. The highest BCUT2D eigenvalue weighted by molar-refractivity contribution is 7.92. The molecule has 0 spiro atoms. The lowest BCUT2D eigenvalue weighted by atomic mass is 10.1. The summed E-state index contributed by atoms with van der Waals surface area (Å²) >= 11 is 0. The molecule has 5 nitrogen and oxygen atoms in total. The lowest BCUT2D eigenvalue weighted by molar-refractivity contribution is 0.299. The average molecular weight is 310 g/mol. The van der Waals surface area contributed by atoms with E-state index in [9.17, 15) is 12.8 Å². The summed E-state index contributed by atoms with van der Waals surface area (Å²) in [7, 11) is -4.02. The molecule has 4 N–H and O–H groups in total. The van der Waals surface area contributed by atoms with Crippen molar-refractivity contribution < 1.29 is 17.9 Å². The second-order valence-electron chi connectivity index (χ2n) is 4.47. The Kier molecular flexibility index (Phi) is 4.44. The second kappa shape index (κ2) is 6.11. The topological polar surface area (TPSA) is 92.4 Å². The molecule has 0 saturated carbocycles. The number of anilines is 2. The first kappa shape index (κ1) is 15.3. The van der Waals surface area contributed by atoms with Crippen LogP contribution in [0.1, 0.15) is 5.56 Å². The third kappa shape index (κ3) is 3.71. The second-order valence-corrected chi connectivity index (χ2v) is 6.12. The molecule has 0 aromatic heterocycles. The summed E-state index contributed by atoms with van der Waals surface area (Å²) in [4.78, 5) is -0.462.